The van der Waals surface area contributed by atoms with E-state index in [1.165, 1.54) is 0 Å². The number of nitrogens with one attached hydrogen (secondary N) is 1. The Labute approximate surface area is 101 Å². The summed E-state index contributed by atoms with van der Waals surface area (Å²) in [5, 5.41) is 24.1. The average molecular weight is 243 g/mol. The van der Waals surface area contributed by atoms with Gasteiger partial charge in [0.15, 0.2) is 0 Å². The Morgan fingerprint density at radius 1 is 1.44 bits per heavy atom. The molecule has 0 aliphatic heterocycles. The molecule has 0 saturated carbocycles. The summed E-state index contributed by atoms with van der Waals surface area (Å²) in [7, 11) is 0. The molecule has 0 aromatic carbocycles. The first kappa shape index (κ1) is 13.6. The predicted octanol–water partition coefficient (Wildman–Crippen LogP) is 1.78. The van der Waals surface area contributed by atoms with Gasteiger partial charge in [-0.05, 0) is 23.8 Å². The lowest BCUT2D eigenvalue weighted by molar-refractivity contribution is 0.162. The Kier molecular flexibility index (Phi) is 5.98. The van der Waals surface area contributed by atoms with Crippen LogP contribution in [0.25, 0.3) is 0 Å². The maximum Gasteiger partial charge on any atom is 0.101 e. The summed E-state index contributed by atoms with van der Waals surface area (Å²) in [6, 6.07) is 4.14. The highest BCUT2D eigenvalue weighted by Crippen LogP contribution is 2.18. The monoisotopic (exact) mass is 243 g/mol. The van der Waals surface area contributed by atoms with E-state index >= 15 is 0 Å². The van der Waals surface area contributed by atoms with Crippen molar-refractivity contribution in [2.75, 3.05) is 13.2 Å². The van der Waals surface area contributed by atoms with Gasteiger partial charge in [-0.15, -0.1) is 11.3 Å². The topological polar surface area (TPSA) is 52.5 Å². The number of hydrogen-bond acceptors (Lipinski definition) is 4. The number of thiophene rings is 1. The first-order valence-corrected chi connectivity index (χ1v) is 6.58. The second-order valence-electron chi connectivity index (χ2n) is 4.30. The van der Waals surface area contributed by atoms with Crippen molar-refractivity contribution in [2.45, 2.75) is 32.4 Å². The van der Waals surface area contributed by atoms with Crippen molar-refractivity contribution in [1.82, 2.24) is 5.32 Å². The van der Waals surface area contributed by atoms with E-state index in [0.717, 1.165) is 11.3 Å². The van der Waals surface area contributed by atoms with Crippen molar-refractivity contribution in [3.63, 3.8) is 0 Å². The van der Waals surface area contributed by atoms with Gasteiger partial charge in [-0.3, -0.25) is 0 Å². The quantitative estimate of drug-likeness (QED) is 0.684. The molecule has 0 spiro atoms. The van der Waals surface area contributed by atoms with Crippen molar-refractivity contribution >= 4 is 11.3 Å². The molecule has 3 N–H and O–H groups in total. The maximum absolute atomic E-state index is 9.89. The molecule has 4 heteroatoms. The molecule has 0 radical (unpaired) electrons. The van der Waals surface area contributed by atoms with E-state index in [-0.39, 0.29) is 12.6 Å². The normalized spacial score (nSPS) is 15.3. The Balaban J connectivity index is 2.37. The molecule has 0 saturated heterocycles. The summed E-state index contributed by atoms with van der Waals surface area (Å²) in [5.74, 6) is 0.461. The minimum atomic E-state index is -0.444. The molecular weight excluding hydrogens is 222 g/mol. The average Bonchev–Trinajstić information content (AvgIpc) is 2.76. The highest BCUT2D eigenvalue weighted by Gasteiger charge is 2.15. The lowest BCUT2D eigenvalue weighted by atomic mass is 10.0. The van der Waals surface area contributed by atoms with Crippen molar-refractivity contribution in [2.24, 2.45) is 5.92 Å². The molecule has 92 valence electrons. The second-order valence-corrected chi connectivity index (χ2v) is 5.28. The Morgan fingerprint density at radius 2 is 2.19 bits per heavy atom. The lowest BCUT2D eigenvalue weighted by Gasteiger charge is -2.23. The molecule has 2 atom stereocenters. The summed E-state index contributed by atoms with van der Waals surface area (Å²) >= 11 is 1.57. The SMILES string of the molecule is CC(C)C(CCO)NCC(O)c1cccs1. The van der Waals surface area contributed by atoms with Gasteiger partial charge in [-0.1, -0.05) is 19.9 Å². The van der Waals surface area contributed by atoms with Crippen LogP contribution in [0.3, 0.4) is 0 Å². The Morgan fingerprint density at radius 3 is 2.69 bits per heavy atom. The van der Waals surface area contributed by atoms with Crippen molar-refractivity contribution < 1.29 is 10.2 Å². The molecule has 1 aromatic rings. The van der Waals surface area contributed by atoms with Crippen molar-refractivity contribution in [1.29, 1.82) is 0 Å². The molecule has 0 aliphatic carbocycles. The molecule has 0 bridgehead atoms. The third-order valence-electron chi connectivity index (χ3n) is 2.69. The smallest absolute Gasteiger partial charge is 0.101 e. The Bertz CT molecular complexity index is 275. The van der Waals surface area contributed by atoms with Gasteiger partial charge in [0.25, 0.3) is 0 Å². The number of aliphatic hydroxyl groups is 2. The minimum Gasteiger partial charge on any atom is -0.396 e. The fraction of sp³-hybridized carbons (Fsp3) is 0.667. The van der Waals surface area contributed by atoms with Crippen LogP contribution < -0.4 is 5.32 Å². The Hall–Kier alpha value is -0.420. The van der Waals surface area contributed by atoms with Gasteiger partial charge in [0.1, 0.15) is 6.10 Å². The number of aliphatic hydroxyl groups excluding tert-OH is 2. The van der Waals surface area contributed by atoms with Crippen LogP contribution in [0.15, 0.2) is 17.5 Å². The van der Waals surface area contributed by atoms with Gasteiger partial charge in [-0.2, -0.15) is 0 Å². The van der Waals surface area contributed by atoms with E-state index in [1.54, 1.807) is 11.3 Å². The van der Waals surface area contributed by atoms with Gasteiger partial charge in [-0.25, -0.2) is 0 Å². The van der Waals surface area contributed by atoms with Crippen molar-refractivity contribution in [3.8, 4) is 0 Å². The second kappa shape index (κ2) is 7.01. The summed E-state index contributed by atoms with van der Waals surface area (Å²) in [4.78, 5) is 0.985. The number of rotatable bonds is 7. The predicted molar refractivity (Wildman–Crippen MR) is 67.6 cm³/mol. The molecule has 1 aromatic heterocycles. The molecule has 0 fully saturated rings. The van der Waals surface area contributed by atoms with E-state index in [9.17, 15) is 5.11 Å². The number of hydrogen-bond donors (Lipinski definition) is 3. The van der Waals surface area contributed by atoms with Crippen LogP contribution in [0.4, 0.5) is 0 Å². The van der Waals surface area contributed by atoms with E-state index < -0.39 is 6.10 Å². The zero-order chi connectivity index (χ0) is 12.0. The third kappa shape index (κ3) is 4.22. The molecule has 2 unspecified atom stereocenters. The first-order valence-electron chi connectivity index (χ1n) is 5.71. The largest absolute Gasteiger partial charge is 0.396 e. The zero-order valence-electron chi connectivity index (χ0n) is 9.89. The van der Waals surface area contributed by atoms with Crippen LogP contribution in [0.2, 0.25) is 0 Å². The third-order valence-corrected chi connectivity index (χ3v) is 3.66. The highest BCUT2D eigenvalue weighted by molar-refractivity contribution is 7.10. The lowest BCUT2D eigenvalue weighted by Crippen LogP contribution is -2.37. The molecule has 3 nitrogen and oxygen atoms in total. The fourth-order valence-electron chi connectivity index (χ4n) is 1.65. The summed E-state index contributed by atoms with van der Waals surface area (Å²) < 4.78 is 0. The molecular formula is C12H21NO2S. The zero-order valence-corrected chi connectivity index (χ0v) is 10.7. The van der Waals surface area contributed by atoms with Crippen LogP contribution >= 0.6 is 11.3 Å². The van der Waals surface area contributed by atoms with E-state index in [1.807, 2.05) is 17.5 Å². The fourth-order valence-corrected chi connectivity index (χ4v) is 2.37. The van der Waals surface area contributed by atoms with Gasteiger partial charge < -0.3 is 15.5 Å². The molecule has 1 rings (SSSR count). The van der Waals surface area contributed by atoms with E-state index in [4.69, 9.17) is 5.11 Å². The summed E-state index contributed by atoms with van der Waals surface area (Å²) in [6.45, 7) is 4.96. The standard InChI is InChI=1S/C12H21NO2S/c1-9(2)10(5-6-14)13-8-11(15)12-4-3-7-16-12/h3-4,7,9-11,13-15H,5-6,8H2,1-2H3. The van der Waals surface area contributed by atoms with Crippen LogP contribution in [0.5, 0.6) is 0 Å². The van der Waals surface area contributed by atoms with Crippen LogP contribution in [-0.2, 0) is 0 Å². The van der Waals surface area contributed by atoms with Gasteiger partial charge in [0, 0.05) is 24.1 Å². The minimum absolute atomic E-state index is 0.185. The summed E-state index contributed by atoms with van der Waals surface area (Å²) in [5.41, 5.74) is 0. The molecule has 1 heterocycles. The van der Waals surface area contributed by atoms with Crippen molar-refractivity contribution in [3.05, 3.63) is 22.4 Å². The van der Waals surface area contributed by atoms with Crippen LogP contribution in [0, 0.1) is 5.92 Å². The first-order chi connectivity index (χ1) is 7.65. The van der Waals surface area contributed by atoms with E-state index in [0.29, 0.717) is 12.5 Å². The van der Waals surface area contributed by atoms with Gasteiger partial charge in [0.05, 0.1) is 0 Å². The van der Waals surface area contributed by atoms with Gasteiger partial charge >= 0.3 is 0 Å². The summed E-state index contributed by atoms with van der Waals surface area (Å²) in [6.07, 6.45) is 0.286. The highest BCUT2D eigenvalue weighted by atomic mass is 32.1. The molecule has 16 heavy (non-hydrogen) atoms. The van der Waals surface area contributed by atoms with E-state index in [2.05, 4.69) is 19.2 Å². The van der Waals surface area contributed by atoms with Crippen LogP contribution in [0.1, 0.15) is 31.2 Å². The van der Waals surface area contributed by atoms with Crippen LogP contribution in [-0.4, -0.2) is 29.4 Å². The molecule has 0 aliphatic rings. The van der Waals surface area contributed by atoms with Gasteiger partial charge in [0.2, 0.25) is 0 Å². The molecule has 0 amide bonds. The maximum atomic E-state index is 9.89.